The van der Waals surface area contributed by atoms with Crippen molar-refractivity contribution < 1.29 is 29.4 Å². The Morgan fingerprint density at radius 2 is 2.20 bits per heavy atom. The molecule has 0 aromatic carbocycles. The number of hydrogen-bond acceptors (Lipinski definition) is 11. The number of β-lactam (4-membered cyclic amide) rings is 1. The molecule has 5 N–H and O–H groups in total. The fraction of sp³-hybridized carbons (Fsp3) is 0.500. The molecular weight excluding hydrogens is 520 g/mol. The van der Waals surface area contributed by atoms with E-state index in [2.05, 4.69) is 20.8 Å². The lowest BCUT2D eigenvalue weighted by Gasteiger charge is -2.55. The minimum Gasteiger partial charge on any atom is -0.481 e. The Morgan fingerprint density at radius 1 is 1.40 bits per heavy atom. The van der Waals surface area contributed by atoms with Crippen molar-refractivity contribution in [1.82, 2.24) is 30.4 Å². The number of carboxylic acid groups (broad SMARTS) is 1. The number of fused-ring (bicyclic) bond motifs is 1. The number of carbonyl (C=O) groups excluding carboxylic acids is 3. The van der Waals surface area contributed by atoms with Gasteiger partial charge in [-0.2, -0.15) is 0 Å². The van der Waals surface area contributed by atoms with Crippen molar-refractivity contribution in [3.63, 3.8) is 0 Å². The number of tetrazole rings is 1. The van der Waals surface area contributed by atoms with E-state index >= 15 is 0 Å². The number of nitrogens with one attached hydrogen (secondary N) is 1. The van der Waals surface area contributed by atoms with Crippen LogP contribution in [0, 0.1) is 5.41 Å². The van der Waals surface area contributed by atoms with Crippen molar-refractivity contribution in [2.75, 3.05) is 36.1 Å². The maximum Gasteiger partial charge on any atom is 0.313 e. The summed E-state index contributed by atoms with van der Waals surface area (Å²) in [4.78, 5) is 51.5. The zero-order valence-corrected chi connectivity index (χ0v) is 20.6. The Labute approximate surface area is 211 Å². The van der Waals surface area contributed by atoms with Gasteiger partial charge in [-0.15, -0.1) is 28.2 Å². The monoisotopic (exact) mass is 542 g/mol. The highest BCUT2D eigenvalue weighted by molar-refractivity contribution is 8.00. The Bertz CT molecular complexity index is 1110. The molecule has 0 aliphatic carbocycles. The Hall–Kier alpha value is -2.89. The quantitative estimate of drug-likeness (QED) is 0.209. The van der Waals surface area contributed by atoms with Crippen LogP contribution in [0.25, 0.3) is 0 Å². The van der Waals surface area contributed by atoms with Crippen molar-refractivity contribution in [1.29, 1.82) is 0 Å². The second kappa shape index (κ2) is 10.4. The van der Waals surface area contributed by atoms with E-state index in [-0.39, 0.29) is 37.0 Å². The summed E-state index contributed by atoms with van der Waals surface area (Å²) < 4.78 is 1.43. The van der Waals surface area contributed by atoms with Crippen molar-refractivity contribution >= 4 is 63.7 Å². The number of aliphatic hydroxyl groups is 1. The van der Waals surface area contributed by atoms with Crippen molar-refractivity contribution in [2.24, 2.45) is 11.1 Å². The number of amides is 4. The van der Waals surface area contributed by atoms with Gasteiger partial charge < -0.3 is 26.2 Å². The van der Waals surface area contributed by atoms with Gasteiger partial charge in [0.2, 0.25) is 11.1 Å². The minimum atomic E-state index is -1.26. The predicted molar refractivity (Wildman–Crippen MR) is 127 cm³/mol. The zero-order chi connectivity index (χ0) is 25.2. The number of primary amides is 1. The summed E-state index contributed by atoms with van der Waals surface area (Å²) in [5.41, 5.74) is 3.79. The molecule has 0 spiro atoms. The number of hydrogen-bond donors (Lipinski definition) is 4. The van der Waals surface area contributed by atoms with Gasteiger partial charge in [0.15, 0.2) is 0 Å². The molecule has 2 fully saturated rings. The summed E-state index contributed by atoms with van der Waals surface area (Å²) in [5.74, 6) is -1.70. The maximum atomic E-state index is 13.1. The average molecular weight is 543 g/mol. The van der Waals surface area contributed by atoms with Crippen LogP contribution in [0.15, 0.2) is 22.7 Å². The summed E-state index contributed by atoms with van der Waals surface area (Å²) >= 11 is 3.71. The third kappa shape index (κ3) is 4.93. The summed E-state index contributed by atoms with van der Waals surface area (Å²) in [6.07, 6.45) is 0. The fourth-order valence-electron chi connectivity index (χ4n) is 3.81. The van der Waals surface area contributed by atoms with Crippen LogP contribution < -0.4 is 16.0 Å². The lowest BCUT2D eigenvalue weighted by molar-refractivity contribution is -0.156. The number of thioether (sulfide) groups is 2. The van der Waals surface area contributed by atoms with E-state index in [0.717, 1.165) is 11.8 Å². The molecule has 35 heavy (non-hydrogen) atoms. The minimum absolute atomic E-state index is 0.0290. The number of anilines is 1. The molecule has 0 bridgehead atoms. The van der Waals surface area contributed by atoms with E-state index in [0.29, 0.717) is 10.2 Å². The Balaban J connectivity index is 1.45. The number of nitrogens with two attached hydrogens (primary N) is 1. The van der Waals surface area contributed by atoms with Crippen LogP contribution in [0.4, 0.5) is 9.80 Å². The lowest BCUT2D eigenvalue weighted by atomic mass is 9.89. The molecule has 0 radical (unpaired) electrons. The Kier molecular flexibility index (Phi) is 7.48. The number of urea groups is 1. The molecule has 2 aliphatic rings. The van der Waals surface area contributed by atoms with Gasteiger partial charge >= 0.3 is 12.0 Å². The number of aromatic nitrogens is 4. The number of carbonyl (C=O) groups is 4. The van der Waals surface area contributed by atoms with Crippen LogP contribution >= 0.6 is 34.9 Å². The molecule has 2 aromatic rings. The van der Waals surface area contributed by atoms with E-state index in [1.54, 1.807) is 17.5 Å². The van der Waals surface area contributed by atoms with Crippen molar-refractivity contribution in [3.8, 4) is 0 Å². The van der Waals surface area contributed by atoms with E-state index in [1.165, 1.54) is 37.6 Å². The number of aliphatic hydroxyl groups excluding tert-OH is 1. The Morgan fingerprint density at radius 3 is 2.86 bits per heavy atom. The van der Waals surface area contributed by atoms with Gasteiger partial charge in [0, 0.05) is 24.6 Å². The van der Waals surface area contributed by atoms with E-state index in [1.807, 2.05) is 0 Å². The summed E-state index contributed by atoms with van der Waals surface area (Å²) in [6, 6.07) is 1.96. The van der Waals surface area contributed by atoms with Crippen LogP contribution in [0.3, 0.4) is 0 Å². The van der Waals surface area contributed by atoms with Gasteiger partial charge in [-0.1, -0.05) is 11.8 Å². The third-order valence-electron chi connectivity index (χ3n) is 5.60. The van der Waals surface area contributed by atoms with Crippen molar-refractivity contribution in [2.45, 2.75) is 23.1 Å². The van der Waals surface area contributed by atoms with Gasteiger partial charge in [-0.3, -0.25) is 19.3 Å². The second-order valence-electron chi connectivity index (χ2n) is 7.84. The number of rotatable bonds is 10. The highest BCUT2D eigenvalue weighted by atomic mass is 32.2. The highest BCUT2D eigenvalue weighted by Crippen LogP contribution is 2.46. The maximum absolute atomic E-state index is 13.1. The standard InChI is InChI=1S/C18H22N8O6S3/c19-16(32)20-3-4-25-17(21-22-23-25)35-9-18(15(30)31)7-24-13(29)12(14(24)34-8-18)26(10(28)6-27)11-2-1-5-33-11/h1-2,5,12,14,27H,3-4,6-9H2,(H,30,31)(H3,19,20,32)/t12?,14-,18?/m1/s1. The molecule has 188 valence electrons. The lowest BCUT2D eigenvalue weighted by Crippen LogP contribution is -2.75. The molecule has 2 aliphatic heterocycles. The molecule has 3 atom stereocenters. The van der Waals surface area contributed by atoms with Crippen LogP contribution in [-0.2, 0) is 20.9 Å². The van der Waals surface area contributed by atoms with E-state index < -0.39 is 41.3 Å². The molecule has 2 aromatic heterocycles. The SMILES string of the molecule is NC(=O)NCCn1nnnc1SCC1(C(=O)O)CS[C@@H]2C(N(C(=O)CO)c3cccs3)C(=O)N2C1. The fourth-order valence-corrected chi connectivity index (χ4v) is 7.40. The third-order valence-corrected chi connectivity index (χ3v) is 9.28. The molecule has 4 heterocycles. The summed E-state index contributed by atoms with van der Waals surface area (Å²) in [7, 11) is 0. The first kappa shape index (κ1) is 25.2. The summed E-state index contributed by atoms with van der Waals surface area (Å²) in [6.45, 7) is -0.317. The number of nitrogens with zero attached hydrogens (tertiary/aromatic N) is 6. The molecule has 14 nitrogen and oxygen atoms in total. The van der Waals surface area contributed by atoms with Crippen LogP contribution in [0.2, 0.25) is 0 Å². The van der Waals surface area contributed by atoms with Gasteiger partial charge in [0.1, 0.15) is 23.4 Å². The highest BCUT2D eigenvalue weighted by Gasteiger charge is 2.59. The molecule has 2 saturated heterocycles. The molecule has 4 rings (SSSR count). The molecule has 4 amide bonds. The first-order chi connectivity index (χ1) is 16.8. The van der Waals surface area contributed by atoms with Gasteiger partial charge in [-0.05, 0) is 27.9 Å². The predicted octanol–water partition coefficient (Wildman–Crippen LogP) is -1.12. The van der Waals surface area contributed by atoms with Gasteiger partial charge in [0.25, 0.3) is 5.91 Å². The van der Waals surface area contributed by atoms with Crippen LogP contribution in [-0.4, -0.2) is 102 Å². The average Bonchev–Trinajstić information content (AvgIpc) is 3.52. The largest absolute Gasteiger partial charge is 0.481 e. The number of carboxylic acids is 1. The molecule has 2 unspecified atom stereocenters. The number of aliphatic carboxylic acids is 1. The first-order valence-corrected chi connectivity index (χ1v) is 13.2. The molecule has 17 heteroatoms. The topological polar surface area (TPSA) is 197 Å². The van der Waals surface area contributed by atoms with E-state index in [9.17, 15) is 29.4 Å². The normalized spacial score (nSPS) is 23.3. The van der Waals surface area contributed by atoms with Gasteiger partial charge in [-0.25, -0.2) is 9.48 Å². The summed E-state index contributed by atoms with van der Waals surface area (Å²) in [5, 5.41) is 35.6. The van der Waals surface area contributed by atoms with E-state index in [4.69, 9.17) is 5.73 Å². The molecule has 0 saturated carbocycles. The van der Waals surface area contributed by atoms with Crippen LogP contribution in [0.5, 0.6) is 0 Å². The second-order valence-corrected chi connectivity index (χ2v) is 10.8. The van der Waals surface area contributed by atoms with Crippen molar-refractivity contribution in [3.05, 3.63) is 17.5 Å². The first-order valence-electron chi connectivity index (χ1n) is 10.3. The number of thiophene rings is 1. The van der Waals surface area contributed by atoms with Crippen LogP contribution in [0.1, 0.15) is 0 Å². The van der Waals surface area contributed by atoms with Gasteiger partial charge in [0.05, 0.1) is 11.5 Å². The molecular formula is C18H22N8O6S3. The smallest absolute Gasteiger partial charge is 0.313 e. The zero-order valence-electron chi connectivity index (χ0n) is 18.1.